The van der Waals surface area contributed by atoms with Crippen molar-refractivity contribution >= 4 is 62.9 Å². The van der Waals surface area contributed by atoms with E-state index < -0.39 is 18.6 Å². The summed E-state index contributed by atoms with van der Waals surface area (Å²) in [6.45, 7) is 5.27. The number of piperazine rings is 1. The Morgan fingerprint density at radius 1 is 1.12 bits per heavy atom. The van der Waals surface area contributed by atoms with Gasteiger partial charge in [-0.3, -0.25) is 9.59 Å². The molecule has 2 aliphatic heterocycles. The highest BCUT2D eigenvalue weighted by atomic mass is 35.5. The number of benzene rings is 1. The highest BCUT2D eigenvalue weighted by Crippen LogP contribution is 2.37. The van der Waals surface area contributed by atoms with Crippen LogP contribution in [0.15, 0.2) is 61.4 Å². The summed E-state index contributed by atoms with van der Waals surface area (Å²) in [7, 11) is 0. The Kier molecular flexibility index (Phi) is 9.71. The molecule has 3 aromatic heterocycles. The first-order valence-electron chi connectivity index (χ1n) is 14.9. The summed E-state index contributed by atoms with van der Waals surface area (Å²) >= 11 is 7.25. The number of alkyl halides is 2. The number of carbonyl (C=O) groups excluding carboxylic acids is 2. The van der Waals surface area contributed by atoms with Gasteiger partial charge in [-0.05, 0) is 42.8 Å². The van der Waals surface area contributed by atoms with Gasteiger partial charge in [0.1, 0.15) is 4.88 Å². The van der Waals surface area contributed by atoms with Gasteiger partial charge in [0.15, 0.2) is 22.5 Å². The molecule has 16 heteroatoms. The SMILES string of the molecule is C=CC(=O)N1CCN(c2ncc(-c3ccc(OC(F)F)c(Nc4ncc(C(=O)Nc5c(C)cccc5Cl)s4)n3)cc2N2CC(O)C2)CC1. The molecule has 0 radical (unpaired) electrons. The number of halogens is 3. The Bertz CT molecular complexity index is 1830. The Morgan fingerprint density at radius 2 is 1.90 bits per heavy atom. The maximum atomic E-state index is 13.4. The highest BCUT2D eigenvalue weighted by molar-refractivity contribution is 7.17. The summed E-state index contributed by atoms with van der Waals surface area (Å²) in [6.07, 6.45) is 3.83. The van der Waals surface area contributed by atoms with Gasteiger partial charge in [-0.2, -0.15) is 8.78 Å². The molecule has 0 aliphatic carbocycles. The largest absolute Gasteiger partial charge is 0.431 e. The number of aryl methyl sites for hydroxylation is 1. The second kappa shape index (κ2) is 14.1. The number of thiazole rings is 1. The molecule has 12 nitrogen and oxygen atoms in total. The van der Waals surface area contributed by atoms with Crippen molar-refractivity contribution in [3.05, 3.63) is 76.9 Å². The van der Waals surface area contributed by atoms with Crippen molar-refractivity contribution in [2.24, 2.45) is 0 Å². The first-order chi connectivity index (χ1) is 23.1. The minimum Gasteiger partial charge on any atom is -0.431 e. The lowest BCUT2D eigenvalue weighted by Gasteiger charge is -2.42. The Labute approximate surface area is 283 Å². The van der Waals surface area contributed by atoms with Gasteiger partial charge in [0.2, 0.25) is 5.91 Å². The second-order valence-corrected chi connectivity index (χ2v) is 12.5. The molecule has 250 valence electrons. The molecule has 5 heterocycles. The molecular formula is C32H31ClF2N8O4S. The van der Waals surface area contributed by atoms with Crippen molar-refractivity contribution in [1.29, 1.82) is 0 Å². The number of amides is 2. The number of nitrogens with one attached hydrogen (secondary N) is 2. The summed E-state index contributed by atoms with van der Waals surface area (Å²) in [5.41, 5.74) is 3.04. The number of hydrogen-bond acceptors (Lipinski definition) is 11. The molecule has 2 amide bonds. The van der Waals surface area contributed by atoms with Crippen LogP contribution in [-0.4, -0.2) is 88.8 Å². The van der Waals surface area contributed by atoms with E-state index in [1.165, 1.54) is 18.3 Å². The van der Waals surface area contributed by atoms with Crippen LogP contribution in [0, 0.1) is 6.92 Å². The molecule has 0 spiro atoms. The predicted octanol–water partition coefficient (Wildman–Crippen LogP) is 5.17. The normalized spacial score (nSPS) is 14.9. The maximum Gasteiger partial charge on any atom is 0.387 e. The van der Waals surface area contributed by atoms with Crippen molar-refractivity contribution in [2.75, 3.05) is 59.7 Å². The third-order valence-electron chi connectivity index (χ3n) is 7.90. The van der Waals surface area contributed by atoms with Gasteiger partial charge < -0.3 is 35.2 Å². The molecule has 3 N–H and O–H groups in total. The average molecular weight is 697 g/mol. The Hall–Kier alpha value is -4.86. The van der Waals surface area contributed by atoms with E-state index in [-0.39, 0.29) is 27.5 Å². The lowest BCUT2D eigenvalue weighted by molar-refractivity contribution is -0.126. The van der Waals surface area contributed by atoms with Crippen LogP contribution in [0.3, 0.4) is 0 Å². The third kappa shape index (κ3) is 7.17. The van der Waals surface area contributed by atoms with Crippen LogP contribution in [0.1, 0.15) is 15.2 Å². The van der Waals surface area contributed by atoms with E-state index in [1.807, 2.05) is 24.0 Å². The van der Waals surface area contributed by atoms with E-state index in [2.05, 4.69) is 32.1 Å². The quantitative estimate of drug-likeness (QED) is 0.191. The fraction of sp³-hybridized carbons (Fsp3) is 0.281. The van der Waals surface area contributed by atoms with Crippen LogP contribution in [0.25, 0.3) is 11.3 Å². The summed E-state index contributed by atoms with van der Waals surface area (Å²) in [5, 5.41) is 16.4. The highest BCUT2D eigenvalue weighted by Gasteiger charge is 2.31. The Balaban J connectivity index is 1.26. The zero-order valence-electron chi connectivity index (χ0n) is 25.7. The number of carbonyl (C=O) groups is 2. The van der Waals surface area contributed by atoms with E-state index in [9.17, 15) is 23.5 Å². The molecule has 0 unspecified atom stereocenters. The number of para-hydroxylation sites is 1. The molecular weight excluding hydrogens is 666 g/mol. The summed E-state index contributed by atoms with van der Waals surface area (Å²) < 4.78 is 31.4. The van der Waals surface area contributed by atoms with E-state index in [4.69, 9.17) is 21.3 Å². The van der Waals surface area contributed by atoms with Gasteiger partial charge in [-0.25, -0.2) is 15.0 Å². The number of hydrogen-bond donors (Lipinski definition) is 3. The predicted molar refractivity (Wildman–Crippen MR) is 181 cm³/mol. The number of β-amino-alcohol motifs (C(OH)–C–C–N with tert-alkyl or cyclic N) is 1. The van der Waals surface area contributed by atoms with Crippen molar-refractivity contribution in [3.8, 4) is 17.0 Å². The smallest absolute Gasteiger partial charge is 0.387 e. The molecule has 6 rings (SSSR count). The fourth-order valence-electron chi connectivity index (χ4n) is 5.37. The molecule has 0 saturated carbocycles. The van der Waals surface area contributed by atoms with E-state index >= 15 is 0 Å². The number of aliphatic hydroxyl groups excluding tert-OH is 1. The number of aliphatic hydroxyl groups is 1. The van der Waals surface area contributed by atoms with Gasteiger partial charge in [0, 0.05) is 51.0 Å². The van der Waals surface area contributed by atoms with Crippen LogP contribution < -0.4 is 25.2 Å². The number of nitrogens with zero attached hydrogens (tertiary/aromatic N) is 6. The van der Waals surface area contributed by atoms with E-state index in [1.54, 1.807) is 29.3 Å². The lowest BCUT2D eigenvalue weighted by atomic mass is 10.1. The molecule has 2 fully saturated rings. The molecule has 0 bridgehead atoms. The molecule has 2 saturated heterocycles. The van der Waals surface area contributed by atoms with Crippen LogP contribution in [0.4, 0.5) is 36.9 Å². The Morgan fingerprint density at radius 3 is 2.58 bits per heavy atom. The van der Waals surface area contributed by atoms with Gasteiger partial charge in [-0.1, -0.05) is 41.6 Å². The minimum absolute atomic E-state index is 0.0379. The van der Waals surface area contributed by atoms with E-state index in [0.29, 0.717) is 67.1 Å². The first-order valence-corrected chi connectivity index (χ1v) is 16.1. The summed E-state index contributed by atoms with van der Waals surface area (Å²) in [6, 6.07) is 10.1. The van der Waals surface area contributed by atoms with Crippen LogP contribution >= 0.6 is 22.9 Å². The van der Waals surface area contributed by atoms with Crippen molar-refractivity contribution < 1.29 is 28.2 Å². The molecule has 4 aromatic rings. The topological polar surface area (TPSA) is 136 Å². The van der Waals surface area contributed by atoms with Crippen LogP contribution in [0.2, 0.25) is 5.02 Å². The third-order valence-corrected chi connectivity index (χ3v) is 9.13. The standard InChI is InChI=1S/C32H31ClF2N8O4S/c1-3-26(45)41-9-11-42(12-10-41)29-23(43-16-20(44)17-43)13-19(14-36-29)22-7-8-24(47-31(34)35)28(38-22)40-32-37-15-25(48-32)30(46)39-27-18(2)5-4-6-21(27)33/h3-8,13-15,20,31,44H,1,9-12,16-17H2,2H3,(H,39,46)(H,37,38,40). The van der Waals surface area contributed by atoms with Gasteiger partial charge in [0.25, 0.3) is 5.91 Å². The number of pyridine rings is 2. The summed E-state index contributed by atoms with van der Waals surface area (Å²) in [5.74, 6) is -0.115. The number of aromatic nitrogens is 3. The maximum absolute atomic E-state index is 13.4. The van der Waals surface area contributed by atoms with Crippen LogP contribution in [-0.2, 0) is 4.79 Å². The second-order valence-electron chi connectivity index (χ2n) is 11.1. The van der Waals surface area contributed by atoms with Gasteiger partial charge >= 0.3 is 6.61 Å². The number of rotatable bonds is 10. The number of ether oxygens (including phenoxy) is 1. The monoisotopic (exact) mass is 696 g/mol. The van der Waals surface area contributed by atoms with Crippen molar-refractivity contribution in [3.63, 3.8) is 0 Å². The van der Waals surface area contributed by atoms with Crippen LogP contribution in [0.5, 0.6) is 5.75 Å². The molecule has 48 heavy (non-hydrogen) atoms. The molecule has 2 aliphatic rings. The average Bonchev–Trinajstić information content (AvgIpc) is 3.54. The number of anilines is 5. The van der Waals surface area contributed by atoms with Crippen molar-refractivity contribution in [2.45, 2.75) is 19.6 Å². The zero-order chi connectivity index (χ0) is 33.9. The van der Waals surface area contributed by atoms with Gasteiger partial charge in [-0.15, -0.1) is 0 Å². The van der Waals surface area contributed by atoms with Crippen molar-refractivity contribution in [1.82, 2.24) is 19.9 Å². The van der Waals surface area contributed by atoms with Gasteiger partial charge in [0.05, 0.1) is 34.4 Å². The van der Waals surface area contributed by atoms with E-state index in [0.717, 1.165) is 22.6 Å². The lowest BCUT2D eigenvalue weighted by Crippen LogP contribution is -2.52. The molecule has 0 atom stereocenters. The molecule has 1 aromatic carbocycles. The zero-order valence-corrected chi connectivity index (χ0v) is 27.3. The first kappa shape index (κ1) is 33.1. The fourth-order valence-corrected chi connectivity index (χ4v) is 6.35. The minimum atomic E-state index is -3.11. The summed E-state index contributed by atoms with van der Waals surface area (Å²) in [4.78, 5) is 44.7.